The molecule has 0 heterocycles. The molecular formula is C20H25NO3. The first-order valence-corrected chi connectivity index (χ1v) is 8.23. The van der Waals surface area contributed by atoms with Crippen molar-refractivity contribution in [2.45, 2.75) is 32.8 Å². The van der Waals surface area contributed by atoms with E-state index in [9.17, 15) is 4.79 Å². The number of rotatable bonds is 8. The zero-order valence-corrected chi connectivity index (χ0v) is 14.5. The van der Waals surface area contributed by atoms with E-state index < -0.39 is 6.10 Å². The molecule has 0 saturated heterocycles. The first-order valence-electron chi connectivity index (χ1n) is 8.23. The number of carbonyl (C=O) groups is 1. The fourth-order valence-corrected chi connectivity index (χ4v) is 2.48. The lowest BCUT2D eigenvalue weighted by Crippen LogP contribution is -2.37. The summed E-state index contributed by atoms with van der Waals surface area (Å²) in [5, 5.41) is 2.92. The van der Waals surface area contributed by atoms with Gasteiger partial charge in [-0.1, -0.05) is 42.0 Å². The van der Waals surface area contributed by atoms with Crippen LogP contribution in [0.4, 0.5) is 0 Å². The predicted octanol–water partition coefficient (Wildman–Crippen LogP) is 3.52. The Morgan fingerprint density at radius 1 is 1.12 bits per heavy atom. The molecule has 0 saturated carbocycles. The number of para-hydroxylation sites is 2. The van der Waals surface area contributed by atoms with E-state index in [4.69, 9.17) is 9.47 Å². The average molecular weight is 327 g/mol. The summed E-state index contributed by atoms with van der Waals surface area (Å²) in [5.41, 5.74) is 2.55. The van der Waals surface area contributed by atoms with Crippen LogP contribution >= 0.6 is 0 Å². The van der Waals surface area contributed by atoms with Crippen molar-refractivity contribution in [2.75, 3.05) is 13.7 Å². The minimum atomic E-state index is -0.569. The van der Waals surface area contributed by atoms with Crippen LogP contribution in [0, 0.1) is 6.92 Å². The third-order valence-electron chi connectivity index (χ3n) is 3.77. The van der Waals surface area contributed by atoms with Crippen molar-refractivity contribution in [3.05, 3.63) is 59.7 Å². The van der Waals surface area contributed by atoms with E-state index in [2.05, 4.69) is 36.5 Å². The zero-order valence-electron chi connectivity index (χ0n) is 14.5. The molecule has 1 amide bonds. The Hall–Kier alpha value is -2.49. The van der Waals surface area contributed by atoms with Crippen LogP contribution in [0.2, 0.25) is 0 Å². The quantitative estimate of drug-likeness (QED) is 0.755. The van der Waals surface area contributed by atoms with E-state index in [-0.39, 0.29) is 5.91 Å². The van der Waals surface area contributed by atoms with Gasteiger partial charge in [0.2, 0.25) is 0 Å². The van der Waals surface area contributed by atoms with E-state index >= 15 is 0 Å². The van der Waals surface area contributed by atoms with Crippen molar-refractivity contribution in [3.8, 4) is 11.5 Å². The summed E-state index contributed by atoms with van der Waals surface area (Å²) >= 11 is 0. The number of hydrogen-bond donors (Lipinski definition) is 1. The van der Waals surface area contributed by atoms with Gasteiger partial charge in [-0.05, 0) is 44.4 Å². The van der Waals surface area contributed by atoms with Crippen LogP contribution in [-0.2, 0) is 11.2 Å². The molecule has 2 rings (SSSR count). The Morgan fingerprint density at radius 3 is 2.58 bits per heavy atom. The Morgan fingerprint density at radius 2 is 1.88 bits per heavy atom. The maximum Gasteiger partial charge on any atom is 0.260 e. The summed E-state index contributed by atoms with van der Waals surface area (Å²) in [6.07, 6.45) is 1.28. The third kappa shape index (κ3) is 5.30. The number of aryl methyl sites for hydroxylation is 2. The first-order chi connectivity index (χ1) is 11.6. The standard InChI is InChI=1S/C20H25NO3/c1-15-8-6-9-17(14-15)10-7-13-21-20(22)16(2)24-19-12-5-4-11-18(19)23-3/h4-6,8-9,11-12,14,16H,7,10,13H2,1-3H3,(H,21,22)/t16-/m0/s1. The highest BCUT2D eigenvalue weighted by Gasteiger charge is 2.15. The number of carbonyl (C=O) groups excluding carboxylic acids is 1. The maximum absolute atomic E-state index is 12.1. The molecule has 0 bridgehead atoms. The second kappa shape index (κ2) is 8.96. The highest BCUT2D eigenvalue weighted by atomic mass is 16.5. The van der Waals surface area contributed by atoms with Crippen molar-refractivity contribution in [1.29, 1.82) is 0 Å². The van der Waals surface area contributed by atoms with Crippen LogP contribution in [-0.4, -0.2) is 25.7 Å². The van der Waals surface area contributed by atoms with Gasteiger partial charge in [-0.2, -0.15) is 0 Å². The van der Waals surface area contributed by atoms with E-state index in [1.165, 1.54) is 11.1 Å². The van der Waals surface area contributed by atoms with Gasteiger partial charge in [-0.15, -0.1) is 0 Å². The van der Waals surface area contributed by atoms with Crippen LogP contribution in [0.25, 0.3) is 0 Å². The lowest BCUT2D eigenvalue weighted by Gasteiger charge is -2.16. The molecule has 2 aromatic carbocycles. The molecule has 2 aromatic rings. The fraction of sp³-hybridized carbons (Fsp3) is 0.350. The number of benzene rings is 2. The smallest absolute Gasteiger partial charge is 0.260 e. The summed E-state index contributed by atoms with van der Waals surface area (Å²) in [5.74, 6) is 1.07. The van der Waals surface area contributed by atoms with E-state index in [0.29, 0.717) is 18.0 Å². The summed E-state index contributed by atoms with van der Waals surface area (Å²) < 4.78 is 10.9. The normalized spacial score (nSPS) is 11.6. The van der Waals surface area contributed by atoms with Gasteiger partial charge in [-0.3, -0.25) is 4.79 Å². The van der Waals surface area contributed by atoms with E-state index in [1.54, 1.807) is 20.1 Å². The van der Waals surface area contributed by atoms with Crippen LogP contribution in [0.15, 0.2) is 48.5 Å². The highest BCUT2D eigenvalue weighted by Crippen LogP contribution is 2.26. The number of hydrogen-bond acceptors (Lipinski definition) is 3. The Bertz CT molecular complexity index is 669. The van der Waals surface area contributed by atoms with Crippen molar-refractivity contribution < 1.29 is 14.3 Å². The molecule has 0 aliphatic heterocycles. The van der Waals surface area contributed by atoms with Gasteiger partial charge in [-0.25, -0.2) is 0 Å². The van der Waals surface area contributed by atoms with Crippen molar-refractivity contribution in [2.24, 2.45) is 0 Å². The zero-order chi connectivity index (χ0) is 17.4. The molecule has 1 atom stereocenters. The van der Waals surface area contributed by atoms with Crippen molar-refractivity contribution >= 4 is 5.91 Å². The lowest BCUT2D eigenvalue weighted by molar-refractivity contribution is -0.127. The largest absolute Gasteiger partial charge is 0.493 e. The fourth-order valence-electron chi connectivity index (χ4n) is 2.48. The number of ether oxygens (including phenoxy) is 2. The van der Waals surface area contributed by atoms with E-state index in [0.717, 1.165) is 12.8 Å². The molecular weight excluding hydrogens is 302 g/mol. The van der Waals surface area contributed by atoms with E-state index in [1.807, 2.05) is 18.2 Å². The third-order valence-corrected chi connectivity index (χ3v) is 3.77. The second-order valence-corrected chi connectivity index (χ2v) is 5.79. The summed E-state index contributed by atoms with van der Waals surface area (Å²) in [7, 11) is 1.58. The first kappa shape index (κ1) is 17.9. The molecule has 0 aromatic heterocycles. The average Bonchev–Trinajstić information content (AvgIpc) is 2.59. The lowest BCUT2D eigenvalue weighted by atomic mass is 10.1. The Kier molecular flexibility index (Phi) is 6.67. The molecule has 4 heteroatoms. The molecule has 128 valence electrons. The molecule has 0 unspecified atom stereocenters. The summed E-state index contributed by atoms with van der Waals surface area (Å²) in [6.45, 7) is 4.46. The van der Waals surface area contributed by atoms with Gasteiger partial charge in [0.15, 0.2) is 17.6 Å². The monoisotopic (exact) mass is 327 g/mol. The second-order valence-electron chi connectivity index (χ2n) is 5.79. The van der Waals surface area contributed by atoms with Crippen LogP contribution in [0.5, 0.6) is 11.5 Å². The van der Waals surface area contributed by atoms with Crippen molar-refractivity contribution in [3.63, 3.8) is 0 Å². The van der Waals surface area contributed by atoms with Gasteiger partial charge < -0.3 is 14.8 Å². The summed E-state index contributed by atoms with van der Waals surface area (Å²) in [4.78, 5) is 12.1. The van der Waals surface area contributed by atoms with Gasteiger partial charge in [0, 0.05) is 6.54 Å². The molecule has 1 N–H and O–H groups in total. The number of amides is 1. The minimum absolute atomic E-state index is 0.120. The molecule has 0 aliphatic carbocycles. The Balaban J connectivity index is 1.75. The SMILES string of the molecule is COc1ccccc1O[C@@H](C)C(=O)NCCCc1cccc(C)c1. The Labute approximate surface area is 143 Å². The van der Waals surface area contributed by atoms with Gasteiger partial charge >= 0.3 is 0 Å². The van der Waals surface area contributed by atoms with Gasteiger partial charge in [0.1, 0.15) is 0 Å². The minimum Gasteiger partial charge on any atom is -0.493 e. The van der Waals surface area contributed by atoms with Crippen LogP contribution in [0.1, 0.15) is 24.5 Å². The maximum atomic E-state index is 12.1. The van der Waals surface area contributed by atoms with Crippen LogP contribution in [0.3, 0.4) is 0 Å². The molecule has 0 radical (unpaired) electrons. The molecule has 24 heavy (non-hydrogen) atoms. The van der Waals surface area contributed by atoms with Crippen molar-refractivity contribution in [1.82, 2.24) is 5.32 Å². The molecule has 0 spiro atoms. The van der Waals surface area contributed by atoms with Gasteiger partial charge in [0.25, 0.3) is 5.91 Å². The van der Waals surface area contributed by atoms with Gasteiger partial charge in [0.05, 0.1) is 7.11 Å². The molecule has 0 aliphatic rings. The number of methoxy groups -OCH3 is 1. The topological polar surface area (TPSA) is 47.6 Å². The highest BCUT2D eigenvalue weighted by molar-refractivity contribution is 5.80. The number of nitrogens with one attached hydrogen (secondary N) is 1. The van der Waals surface area contributed by atoms with Crippen LogP contribution < -0.4 is 14.8 Å². The molecule has 4 nitrogen and oxygen atoms in total. The molecule has 0 fully saturated rings. The predicted molar refractivity (Wildman–Crippen MR) is 95.6 cm³/mol. The summed E-state index contributed by atoms with van der Waals surface area (Å²) in [6, 6.07) is 15.8.